The van der Waals surface area contributed by atoms with Crippen molar-refractivity contribution in [1.29, 1.82) is 0 Å². The van der Waals surface area contributed by atoms with Crippen molar-refractivity contribution in [2.24, 2.45) is 17.6 Å². The number of hydrogen-bond acceptors (Lipinski definition) is 5. The summed E-state index contributed by atoms with van der Waals surface area (Å²) in [7, 11) is 0. The maximum absolute atomic E-state index is 6.14. The molecule has 2 aliphatic rings. The number of nitrogens with zero attached hydrogens (tertiary/aromatic N) is 3. The molecule has 5 heteroatoms. The van der Waals surface area contributed by atoms with Crippen molar-refractivity contribution in [3.05, 3.63) is 11.7 Å². The first kappa shape index (κ1) is 12.1. The fraction of sp³-hybridized carbons (Fsp3) is 0.846. The van der Waals surface area contributed by atoms with Gasteiger partial charge in [-0.15, -0.1) is 0 Å². The van der Waals surface area contributed by atoms with E-state index < -0.39 is 0 Å². The summed E-state index contributed by atoms with van der Waals surface area (Å²) in [5.74, 6) is 3.07. The lowest BCUT2D eigenvalue weighted by Gasteiger charge is -2.15. The summed E-state index contributed by atoms with van der Waals surface area (Å²) in [4.78, 5) is 6.84. The van der Waals surface area contributed by atoms with Gasteiger partial charge in [0.2, 0.25) is 5.89 Å². The van der Waals surface area contributed by atoms with Gasteiger partial charge in [0.15, 0.2) is 5.82 Å². The molecule has 0 amide bonds. The van der Waals surface area contributed by atoms with Crippen molar-refractivity contribution >= 4 is 0 Å². The fourth-order valence-electron chi connectivity index (χ4n) is 3.40. The fourth-order valence-corrected chi connectivity index (χ4v) is 3.40. The van der Waals surface area contributed by atoms with Gasteiger partial charge in [-0.05, 0) is 31.1 Å². The van der Waals surface area contributed by atoms with E-state index in [9.17, 15) is 0 Å². The smallest absolute Gasteiger partial charge is 0.240 e. The Bertz CT molecular complexity index is 405. The van der Waals surface area contributed by atoms with E-state index in [1.807, 2.05) is 0 Å². The Morgan fingerprint density at radius 2 is 2.28 bits per heavy atom. The predicted molar refractivity (Wildman–Crippen MR) is 67.8 cm³/mol. The quantitative estimate of drug-likeness (QED) is 0.869. The second-order valence-electron chi connectivity index (χ2n) is 5.71. The van der Waals surface area contributed by atoms with Crippen molar-refractivity contribution in [1.82, 2.24) is 15.0 Å². The molecule has 0 spiro atoms. The first-order valence-corrected chi connectivity index (χ1v) is 7.05. The van der Waals surface area contributed by atoms with Gasteiger partial charge in [0.25, 0.3) is 0 Å². The Morgan fingerprint density at radius 1 is 1.39 bits per heavy atom. The molecule has 3 atom stereocenters. The number of nitrogens with two attached hydrogens (primary N) is 1. The lowest BCUT2D eigenvalue weighted by Crippen LogP contribution is -2.30. The van der Waals surface area contributed by atoms with Crippen molar-refractivity contribution in [3.63, 3.8) is 0 Å². The molecule has 100 valence electrons. The van der Waals surface area contributed by atoms with Gasteiger partial charge >= 0.3 is 0 Å². The number of aryl methyl sites for hydroxylation is 1. The lowest BCUT2D eigenvalue weighted by atomic mass is 9.98. The van der Waals surface area contributed by atoms with Crippen molar-refractivity contribution in [2.75, 3.05) is 13.1 Å². The van der Waals surface area contributed by atoms with Gasteiger partial charge in [-0.1, -0.05) is 12.1 Å². The first-order valence-electron chi connectivity index (χ1n) is 7.05. The zero-order valence-corrected chi connectivity index (χ0v) is 11.0. The number of hydrogen-bond donors (Lipinski definition) is 1. The van der Waals surface area contributed by atoms with Crippen LogP contribution in [0.4, 0.5) is 0 Å². The minimum Gasteiger partial charge on any atom is -0.338 e. The molecule has 0 aromatic carbocycles. The molecule has 3 unspecified atom stereocenters. The summed E-state index contributed by atoms with van der Waals surface area (Å²) < 4.78 is 5.29. The highest BCUT2D eigenvalue weighted by Crippen LogP contribution is 2.37. The summed E-state index contributed by atoms with van der Waals surface area (Å²) in [6.07, 6.45) is 4.44. The van der Waals surface area contributed by atoms with Crippen molar-refractivity contribution < 1.29 is 4.52 Å². The molecule has 1 aromatic rings. The molecule has 3 rings (SSSR count). The average Bonchev–Trinajstić information content (AvgIpc) is 3.00. The Morgan fingerprint density at radius 3 is 3.06 bits per heavy atom. The molecule has 2 N–H and O–H groups in total. The van der Waals surface area contributed by atoms with Crippen LogP contribution in [0, 0.1) is 11.8 Å². The molecule has 1 saturated carbocycles. The van der Waals surface area contributed by atoms with Crippen LogP contribution in [0.2, 0.25) is 0 Å². The third-order valence-corrected chi connectivity index (χ3v) is 4.33. The van der Waals surface area contributed by atoms with Crippen LogP contribution in [0.1, 0.15) is 37.9 Å². The molecule has 0 radical (unpaired) electrons. The molecule has 1 aromatic heterocycles. The Labute approximate surface area is 108 Å². The summed E-state index contributed by atoms with van der Waals surface area (Å²) in [6, 6.07) is 0.401. The van der Waals surface area contributed by atoms with Gasteiger partial charge in [-0.25, -0.2) is 0 Å². The molecule has 18 heavy (non-hydrogen) atoms. The van der Waals surface area contributed by atoms with Crippen LogP contribution in [0.5, 0.6) is 0 Å². The standard InChI is InChI=1S/C13H22N4O/c1-2-3-12-15-13(18-16-12)8-17-6-9-4-5-11(14)10(9)7-17/h9-11H,2-8,14H2,1H3. The van der Waals surface area contributed by atoms with Crippen molar-refractivity contribution in [2.45, 2.75) is 45.2 Å². The van der Waals surface area contributed by atoms with Crippen molar-refractivity contribution in [3.8, 4) is 0 Å². The maximum Gasteiger partial charge on any atom is 0.240 e. The van der Waals surface area contributed by atoms with E-state index in [0.29, 0.717) is 12.0 Å². The largest absolute Gasteiger partial charge is 0.338 e. The topological polar surface area (TPSA) is 68.2 Å². The number of likely N-dealkylation sites (tertiary alicyclic amines) is 1. The maximum atomic E-state index is 6.14. The predicted octanol–water partition coefficient (Wildman–Crippen LogP) is 1.19. The summed E-state index contributed by atoms with van der Waals surface area (Å²) in [5.41, 5.74) is 6.14. The monoisotopic (exact) mass is 250 g/mol. The highest BCUT2D eigenvalue weighted by atomic mass is 16.5. The van der Waals surface area contributed by atoms with E-state index in [2.05, 4.69) is 22.0 Å². The Balaban J connectivity index is 1.57. The van der Waals surface area contributed by atoms with Crippen LogP contribution >= 0.6 is 0 Å². The Kier molecular flexibility index (Phi) is 3.35. The lowest BCUT2D eigenvalue weighted by molar-refractivity contribution is 0.249. The van der Waals surface area contributed by atoms with Crippen LogP contribution in [-0.4, -0.2) is 34.2 Å². The highest BCUT2D eigenvalue weighted by molar-refractivity contribution is 4.97. The van der Waals surface area contributed by atoms with E-state index in [0.717, 1.165) is 50.1 Å². The molecule has 1 aliphatic heterocycles. The summed E-state index contributed by atoms with van der Waals surface area (Å²) in [6.45, 7) is 5.15. The van der Waals surface area contributed by atoms with Crippen LogP contribution in [-0.2, 0) is 13.0 Å². The van der Waals surface area contributed by atoms with E-state index in [1.165, 1.54) is 12.8 Å². The van der Waals surface area contributed by atoms with Crippen LogP contribution in [0.15, 0.2) is 4.52 Å². The second-order valence-corrected chi connectivity index (χ2v) is 5.71. The van der Waals surface area contributed by atoms with Gasteiger partial charge in [0.1, 0.15) is 0 Å². The van der Waals surface area contributed by atoms with E-state index in [4.69, 9.17) is 10.3 Å². The molecule has 1 saturated heterocycles. The van der Waals surface area contributed by atoms with Gasteiger partial charge in [-0.3, -0.25) is 4.90 Å². The highest BCUT2D eigenvalue weighted by Gasteiger charge is 2.41. The summed E-state index contributed by atoms with van der Waals surface area (Å²) >= 11 is 0. The normalized spacial score (nSPS) is 32.0. The molecule has 1 aliphatic carbocycles. The van der Waals surface area contributed by atoms with Gasteiger partial charge in [-0.2, -0.15) is 4.98 Å². The minimum atomic E-state index is 0.401. The first-order chi connectivity index (χ1) is 8.76. The third-order valence-electron chi connectivity index (χ3n) is 4.33. The minimum absolute atomic E-state index is 0.401. The summed E-state index contributed by atoms with van der Waals surface area (Å²) in [5, 5.41) is 4.00. The van der Waals surface area contributed by atoms with E-state index in [-0.39, 0.29) is 0 Å². The molecular formula is C13H22N4O. The third kappa shape index (κ3) is 2.29. The number of rotatable bonds is 4. The average molecular weight is 250 g/mol. The van der Waals surface area contributed by atoms with E-state index >= 15 is 0 Å². The zero-order valence-electron chi connectivity index (χ0n) is 11.0. The SMILES string of the molecule is CCCc1noc(CN2CC3CCC(N)C3C2)n1. The van der Waals surface area contributed by atoms with Gasteiger partial charge in [0, 0.05) is 25.6 Å². The van der Waals surface area contributed by atoms with Crippen LogP contribution in [0.3, 0.4) is 0 Å². The van der Waals surface area contributed by atoms with Gasteiger partial charge < -0.3 is 10.3 Å². The zero-order chi connectivity index (χ0) is 12.5. The Hall–Kier alpha value is -0.940. The van der Waals surface area contributed by atoms with E-state index in [1.54, 1.807) is 0 Å². The second kappa shape index (κ2) is 4.97. The van der Waals surface area contributed by atoms with Crippen LogP contribution < -0.4 is 5.73 Å². The molecule has 0 bridgehead atoms. The van der Waals surface area contributed by atoms with Gasteiger partial charge in [0.05, 0.1) is 6.54 Å². The number of aromatic nitrogens is 2. The number of fused-ring (bicyclic) bond motifs is 1. The molecule has 5 nitrogen and oxygen atoms in total. The van der Waals surface area contributed by atoms with Crippen LogP contribution in [0.25, 0.3) is 0 Å². The molecular weight excluding hydrogens is 228 g/mol. The molecule has 2 fully saturated rings. The molecule has 2 heterocycles.